The molecular weight excluding hydrogens is 284 g/mol. The number of ketones is 1. The number of aryl methyl sites for hydroxylation is 1. The van der Waals surface area contributed by atoms with E-state index in [1.807, 2.05) is 0 Å². The van der Waals surface area contributed by atoms with Gasteiger partial charge in [0.15, 0.2) is 12.4 Å². The van der Waals surface area contributed by atoms with E-state index in [9.17, 15) is 14.7 Å². The number of aromatic hydroxyl groups is 1. The van der Waals surface area contributed by atoms with Gasteiger partial charge in [-0.15, -0.1) is 0 Å². The number of carbonyl (C=O) groups is 2. The number of para-hydroxylation sites is 1. The van der Waals surface area contributed by atoms with E-state index in [-0.39, 0.29) is 17.1 Å². The molecule has 0 aliphatic rings. The second-order valence-corrected chi connectivity index (χ2v) is 4.70. The highest BCUT2D eigenvalue weighted by molar-refractivity contribution is 6.00. The van der Waals surface area contributed by atoms with E-state index in [0.717, 1.165) is 0 Å². The molecule has 2 rings (SSSR count). The van der Waals surface area contributed by atoms with Crippen molar-refractivity contribution in [1.29, 1.82) is 0 Å². The van der Waals surface area contributed by atoms with Crippen LogP contribution in [0.15, 0.2) is 42.5 Å². The molecule has 5 heteroatoms. The van der Waals surface area contributed by atoms with Gasteiger partial charge >= 0.3 is 5.97 Å². The number of rotatable bonds is 5. The standard InChI is InChI=1S/C17H16O5/c1-11-4-3-5-14(16(11)19)17(20)22-10-15(18)12-6-8-13(21-2)9-7-12/h3-9,19H,10H2,1-2H3. The number of hydrogen-bond acceptors (Lipinski definition) is 5. The maximum absolute atomic E-state index is 12.0. The second kappa shape index (κ2) is 6.76. The normalized spacial score (nSPS) is 10.1. The summed E-state index contributed by atoms with van der Waals surface area (Å²) < 4.78 is 9.96. The zero-order valence-corrected chi connectivity index (χ0v) is 12.3. The van der Waals surface area contributed by atoms with Crippen molar-refractivity contribution in [3.05, 3.63) is 59.2 Å². The molecule has 0 heterocycles. The third-order valence-corrected chi connectivity index (χ3v) is 3.20. The average molecular weight is 300 g/mol. The van der Waals surface area contributed by atoms with E-state index < -0.39 is 12.6 Å². The molecule has 0 unspecified atom stereocenters. The molecule has 0 amide bonds. The fraction of sp³-hybridized carbons (Fsp3) is 0.176. The maximum atomic E-state index is 12.0. The predicted octanol–water partition coefficient (Wildman–Crippen LogP) is 2.75. The van der Waals surface area contributed by atoms with Crippen molar-refractivity contribution in [1.82, 2.24) is 0 Å². The summed E-state index contributed by atoms with van der Waals surface area (Å²) in [6, 6.07) is 11.3. The van der Waals surface area contributed by atoms with Gasteiger partial charge in [0.05, 0.1) is 7.11 Å². The molecule has 5 nitrogen and oxygen atoms in total. The molecule has 2 aromatic rings. The molecule has 0 radical (unpaired) electrons. The van der Waals surface area contributed by atoms with Gasteiger partial charge in [0, 0.05) is 5.56 Å². The quantitative estimate of drug-likeness (QED) is 0.679. The number of ether oxygens (including phenoxy) is 2. The number of phenolic OH excluding ortho intramolecular Hbond substituents is 1. The lowest BCUT2D eigenvalue weighted by atomic mass is 10.1. The van der Waals surface area contributed by atoms with Crippen molar-refractivity contribution in [2.75, 3.05) is 13.7 Å². The number of carbonyl (C=O) groups excluding carboxylic acids is 2. The minimum atomic E-state index is -0.733. The lowest BCUT2D eigenvalue weighted by Gasteiger charge is -2.07. The van der Waals surface area contributed by atoms with Gasteiger partial charge in [0.25, 0.3) is 0 Å². The Labute approximate surface area is 128 Å². The summed E-state index contributed by atoms with van der Waals surface area (Å²) in [5, 5.41) is 9.81. The summed E-state index contributed by atoms with van der Waals surface area (Å²) in [6.07, 6.45) is 0. The fourth-order valence-corrected chi connectivity index (χ4v) is 1.89. The Morgan fingerprint density at radius 2 is 1.77 bits per heavy atom. The third-order valence-electron chi connectivity index (χ3n) is 3.20. The minimum Gasteiger partial charge on any atom is -0.507 e. The van der Waals surface area contributed by atoms with Crippen molar-refractivity contribution in [2.24, 2.45) is 0 Å². The van der Waals surface area contributed by atoms with Crippen LogP contribution in [-0.2, 0) is 4.74 Å². The molecule has 0 aliphatic carbocycles. The largest absolute Gasteiger partial charge is 0.507 e. The van der Waals surface area contributed by atoms with Crippen LogP contribution in [0.2, 0.25) is 0 Å². The summed E-state index contributed by atoms with van der Waals surface area (Å²) in [7, 11) is 1.53. The van der Waals surface area contributed by atoms with Crippen LogP contribution < -0.4 is 4.74 Å². The molecule has 0 saturated carbocycles. The first-order chi connectivity index (χ1) is 10.5. The number of phenols is 1. The zero-order valence-electron chi connectivity index (χ0n) is 12.3. The molecule has 0 aromatic heterocycles. The van der Waals surface area contributed by atoms with Crippen LogP contribution in [0.5, 0.6) is 11.5 Å². The average Bonchev–Trinajstić information content (AvgIpc) is 2.55. The van der Waals surface area contributed by atoms with E-state index in [1.54, 1.807) is 43.3 Å². The summed E-state index contributed by atoms with van der Waals surface area (Å²) in [4.78, 5) is 23.9. The van der Waals surface area contributed by atoms with E-state index in [0.29, 0.717) is 16.9 Å². The summed E-state index contributed by atoms with van der Waals surface area (Å²) in [5.74, 6) is -0.561. The highest BCUT2D eigenvalue weighted by atomic mass is 16.5. The van der Waals surface area contributed by atoms with E-state index in [2.05, 4.69) is 0 Å². The first kappa shape index (κ1) is 15.6. The third kappa shape index (κ3) is 3.44. The van der Waals surface area contributed by atoms with Crippen molar-refractivity contribution in [2.45, 2.75) is 6.92 Å². The van der Waals surface area contributed by atoms with Crippen molar-refractivity contribution >= 4 is 11.8 Å². The number of Topliss-reactive ketones (excluding diaryl/α,β-unsaturated/α-hetero) is 1. The Bertz CT molecular complexity index is 689. The van der Waals surface area contributed by atoms with Crippen molar-refractivity contribution < 1.29 is 24.2 Å². The van der Waals surface area contributed by atoms with Crippen LogP contribution in [0.25, 0.3) is 0 Å². The van der Waals surface area contributed by atoms with E-state index in [4.69, 9.17) is 9.47 Å². The van der Waals surface area contributed by atoms with Crippen LogP contribution in [0.1, 0.15) is 26.3 Å². The number of hydrogen-bond donors (Lipinski definition) is 1. The monoisotopic (exact) mass is 300 g/mol. The molecule has 0 spiro atoms. The van der Waals surface area contributed by atoms with Gasteiger partial charge in [-0.25, -0.2) is 4.79 Å². The Balaban J connectivity index is 2.01. The van der Waals surface area contributed by atoms with Gasteiger partial charge < -0.3 is 14.6 Å². The fourth-order valence-electron chi connectivity index (χ4n) is 1.89. The molecule has 0 atom stereocenters. The molecule has 0 bridgehead atoms. The smallest absolute Gasteiger partial charge is 0.342 e. The molecule has 114 valence electrons. The highest BCUT2D eigenvalue weighted by Crippen LogP contribution is 2.22. The lowest BCUT2D eigenvalue weighted by molar-refractivity contribution is 0.0471. The number of benzene rings is 2. The number of methoxy groups -OCH3 is 1. The Hall–Kier alpha value is -2.82. The van der Waals surface area contributed by atoms with Crippen LogP contribution in [0, 0.1) is 6.92 Å². The Morgan fingerprint density at radius 1 is 1.09 bits per heavy atom. The number of esters is 1. The molecule has 0 aliphatic heterocycles. The van der Waals surface area contributed by atoms with Gasteiger partial charge in [-0.3, -0.25) is 4.79 Å². The summed E-state index contributed by atoms with van der Waals surface area (Å²) >= 11 is 0. The highest BCUT2D eigenvalue weighted by Gasteiger charge is 2.16. The van der Waals surface area contributed by atoms with Crippen LogP contribution in [0.4, 0.5) is 0 Å². The van der Waals surface area contributed by atoms with Gasteiger partial charge in [-0.05, 0) is 42.8 Å². The van der Waals surface area contributed by atoms with Gasteiger partial charge in [0.2, 0.25) is 0 Å². The van der Waals surface area contributed by atoms with Gasteiger partial charge in [0.1, 0.15) is 17.1 Å². The summed E-state index contributed by atoms with van der Waals surface area (Å²) in [6.45, 7) is 1.28. The molecule has 0 fully saturated rings. The van der Waals surface area contributed by atoms with Gasteiger partial charge in [-0.2, -0.15) is 0 Å². The van der Waals surface area contributed by atoms with Crippen molar-refractivity contribution in [3.8, 4) is 11.5 Å². The van der Waals surface area contributed by atoms with E-state index >= 15 is 0 Å². The van der Waals surface area contributed by atoms with E-state index in [1.165, 1.54) is 13.2 Å². The molecule has 0 saturated heterocycles. The molecule has 2 aromatic carbocycles. The first-order valence-corrected chi connectivity index (χ1v) is 6.66. The first-order valence-electron chi connectivity index (χ1n) is 6.66. The molecule has 1 N–H and O–H groups in total. The van der Waals surface area contributed by atoms with Crippen LogP contribution in [0.3, 0.4) is 0 Å². The zero-order chi connectivity index (χ0) is 16.1. The topological polar surface area (TPSA) is 72.8 Å². The second-order valence-electron chi connectivity index (χ2n) is 4.70. The van der Waals surface area contributed by atoms with Crippen LogP contribution >= 0.6 is 0 Å². The van der Waals surface area contributed by atoms with Crippen LogP contribution in [-0.4, -0.2) is 30.6 Å². The summed E-state index contributed by atoms with van der Waals surface area (Å²) in [5.41, 5.74) is 1.03. The Kier molecular flexibility index (Phi) is 4.78. The minimum absolute atomic E-state index is 0.0440. The van der Waals surface area contributed by atoms with Crippen molar-refractivity contribution in [3.63, 3.8) is 0 Å². The molecule has 22 heavy (non-hydrogen) atoms. The molecular formula is C17H16O5. The maximum Gasteiger partial charge on any atom is 0.342 e. The van der Waals surface area contributed by atoms with Gasteiger partial charge in [-0.1, -0.05) is 12.1 Å². The predicted molar refractivity (Wildman–Crippen MR) is 80.5 cm³/mol. The lowest BCUT2D eigenvalue weighted by Crippen LogP contribution is -2.14. The SMILES string of the molecule is COc1ccc(C(=O)COC(=O)c2cccc(C)c2O)cc1. The Morgan fingerprint density at radius 3 is 2.41 bits per heavy atom.